The lowest BCUT2D eigenvalue weighted by atomic mass is 9.89. The van der Waals surface area contributed by atoms with Crippen molar-refractivity contribution < 1.29 is 4.74 Å². The molecule has 0 radical (unpaired) electrons. The third-order valence-electron chi connectivity index (χ3n) is 6.16. The number of anilines is 1. The van der Waals surface area contributed by atoms with Crippen LogP contribution in [0.4, 0.5) is 5.82 Å². The molecule has 5 N–H and O–H groups in total. The monoisotopic (exact) mass is 421 g/mol. The second-order valence-electron chi connectivity index (χ2n) is 8.68. The van der Waals surface area contributed by atoms with Crippen LogP contribution in [0.1, 0.15) is 44.7 Å². The number of nitrogens with one attached hydrogen (secondary N) is 1. The van der Waals surface area contributed by atoms with Crippen molar-refractivity contribution in [1.82, 2.24) is 9.97 Å². The number of nitrogens with two attached hydrogens (primary N) is 2. The maximum atomic E-state index is 8.78. The molecule has 2 aliphatic carbocycles. The van der Waals surface area contributed by atoms with Crippen LogP contribution in [0, 0.1) is 11.3 Å². The molecular formula is C23H31N7O. The van der Waals surface area contributed by atoms with Gasteiger partial charge in [0.05, 0.1) is 23.2 Å². The summed E-state index contributed by atoms with van der Waals surface area (Å²) in [5.41, 5.74) is 13.2. The van der Waals surface area contributed by atoms with Crippen LogP contribution in [-0.2, 0) is 4.74 Å². The van der Waals surface area contributed by atoms with Crippen LogP contribution < -0.4 is 16.4 Å². The summed E-state index contributed by atoms with van der Waals surface area (Å²) in [7, 11) is 0. The third-order valence-corrected chi connectivity index (χ3v) is 6.16. The maximum Gasteiger partial charge on any atom is 0.132 e. The molecule has 1 unspecified atom stereocenters. The molecule has 4 rings (SSSR count). The van der Waals surface area contributed by atoms with Crippen LogP contribution in [0.25, 0.3) is 0 Å². The van der Waals surface area contributed by atoms with Gasteiger partial charge in [0.25, 0.3) is 0 Å². The van der Waals surface area contributed by atoms with Crippen molar-refractivity contribution in [3.63, 3.8) is 0 Å². The second kappa shape index (κ2) is 8.91. The molecule has 0 aromatic carbocycles. The minimum Gasteiger partial charge on any atom is -0.492 e. The summed E-state index contributed by atoms with van der Waals surface area (Å²) in [6, 6.07) is 2.20. The minimum atomic E-state index is -0.235. The fourth-order valence-electron chi connectivity index (χ4n) is 3.94. The lowest BCUT2D eigenvalue weighted by Crippen LogP contribution is -2.36. The minimum absolute atomic E-state index is 0.0443. The van der Waals surface area contributed by atoms with Crippen molar-refractivity contribution in [1.29, 1.82) is 5.41 Å². The third kappa shape index (κ3) is 5.13. The number of nitrogens with zero attached hydrogens (tertiary/aromatic N) is 4. The van der Waals surface area contributed by atoms with Crippen molar-refractivity contribution in [3.05, 3.63) is 54.0 Å². The van der Waals surface area contributed by atoms with Crippen molar-refractivity contribution in [2.75, 3.05) is 18.0 Å². The smallest absolute Gasteiger partial charge is 0.132 e. The van der Waals surface area contributed by atoms with Crippen molar-refractivity contribution in [2.24, 2.45) is 22.4 Å². The highest BCUT2D eigenvalue weighted by atomic mass is 16.5. The Hall–Kier alpha value is -3.16. The summed E-state index contributed by atoms with van der Waals surface area (Å²) in [6.07, 6.45) is 15.0. The van der Waals surface area contributed by atoms with E-state index < -0.39 is 0 Å². The molecule has 0 spiro atoms. The Bertz CT molecular complexity index is 937. The fourth-order valence-corrected chi connectivity index (χ4v) is 3.94. The van der Waals surface area contributed by atoms with E-state index in [-0.39, 0.29) is 11.5 Å². The van der Waals surface area contributed by atoms with E-state index in [1.54, 1.807) is 12.3 Å². The average Bonchev–Trinajstić information content (AvgIpc) is 3.52. The fraction of sp³-hybridized carbons (Fsp3) is 0.478. The molecule has 0 amide bonds. The number of ether oxygens (including phenoxy) is 1. The Morgan fingerprint density at radius 1 is 1.29 bits per heavy atom. The quantitative estimate of drug-likeness (QED) is 0.581. The number of piperidine rings is 1. The summed E-state index contributed by atoms with van der Waals surface area (Å²) in [5.74, 6) is 1.50. The molecule has 1 aliphatic heterocycles. The Morgan fingerprint density at radius 3 is 2.77 bits per heavy atom. The van der Waals surface area contributed by atoms with Gasteiger partial charge in [-0.05, 0) is 57.0 Å². The van der Waals surface area contributed by atoms with E-state index in [4.69, 9.17) is 21.6 Å². The molecule has 1 saturated heterocycles. The molecule has 164 valence electrons. The summed E-state index contributed by atoms with van der Waals surface area (Å²) in [5, 5.41) is 8.78. The number of hydrogen-bond acceptors (Lipinski definition) is 8. The van der Waals surface area contributed by atoms with Gasteiger partial charge in [-0.2, -0.15) is 0 Å². The van der Waals surface area contributed by atoms with Gasteiger partial charge >= 0.3 is 0 Å². The predicted octanol–water partition coefficient (Wildman–Crippen LogP) is 2.67. The van der Waals surface area contributed by atoms with Crippen LogP contribution in [-0.4, -0.2) is 46.6 Å². The largest absolute Gasteiger partial charge is 0.492 e. The van der Waals surface area contributed by atoms with Gasteiger partial charge in [0.2, 0.25) is 0 Å². The first-order valence-electron chi connectivity index (χ1n) is 10.9. The first kappa shape index (κ1) is 21.1. The second-order valence-corrected chi connectivity index (χ2v) is 8.68. The molecule has 0 bridgehead atoms. The Balaban J connectivity index is 1.41. The Labute approximate surface area is 183 Å². The molecule has 1 atom stereocenters. The van der Waals surface area contributed by atoms with Gasteiger partial charge in [0, 0.05) is 43.4 Å². The summed E-state index contributed by atoms with van der Waals surface area (Å²) in [4.78, 5) is 15.6. The number of allylic oxidation sites excluding steroid dienone is 5. The zero-order chi connectivity index (χ0) is 21.8. The molecule has 1 aromatic heterocycles. The summed E-state index contributed by atoms with van der Waals surface area (Å²) in [6.45, 7) is 3.85. The van der Waals surface area contributed by atoms with Gasteiger partial charge in [0.1, 0.15) is 17.7 Å². The first-order chi connectivity index (χ1) is 15.0. The van der Waals surface area contributed by atoms with E-state index in [9.17, 15) is 0 Å². The van der Waals surface area contributed by atoms with E-state index >= 15 is 0 Å². The van der Waals surface area contributed by atoms with Gasteiger partial charge in [-0.3, -0.25) is 4.99 Å². The molecule has 8 nitrogen and oxygen atoms in total. The lowest BCUT2D eigenvalue weighted by Gasteiger charge is -2.31. The number of rotatable bonds is 7. The van der Waals surface area contributed by atoms with Crippen molar-refractivity contribution >= 4 is 17.7 Å². The van der Waals surface area contributed by atoms with Crippen molar-refractivity contribution in [2.45, 2.75) is 50.7 Å². The lowest BCUT2D eigenvalue weighted by molar-refractivity contribution is 0.101. The summed E-state index contributed by atoms with van der Waals surface area (Å²) < 4.78 is 6.12. The van der Waals surface area contributed by atoms with Crippen LogP contribution in [0.3, 0.4) is 0 Å². The molecule has 2 fully saturated rings. The van der Waals surface area contributed by atoms with Gasteiger partial charge in [-0.15, -0.1) is 0 Å². The predicted molar refractivity (Wildman–Crippen MR) is 123 cm³/mol. The Kier molecular flexibility index (Phi) is 6.06. The van der Waals surface area contributed by atoms with E-state index in [2.05, 4.69) is 26.8 Å². The SMILES string of the molecule is CC1(OC2=CC=C(N)C(C(=N)c3cc(N4CCC(N=CC=CN)CC4)ncn3)C2)CC1. The van der Waals surface area contributed by atoms with E-state index in [0.29, 0.717) is 29.6 Å². The molecule has 3 aliphatic rings. The molecule has 1 saturated carbocycles. The number of hydrogen-bond donors (Lipinski definition) is 3. The van der Waals surface area contributed by atoms with E-state index in [1.165, 1.54) is 12.5 Å². The molecule has 31 heavy (non-hydrogen) atoms. The standard InChI is InChI=1S/C23H31N7O/c1-23(7-8-23)31-17-3-4-19(25)18(13-17)22(26)20-14-21(29-15-28-20)30-11-5-16(6-12-30)27-10-2-9-24/h2-4,9-10,14-16,18,26H,5-8,11-13,24-25H2,1H3. The number of aliphatic imine (C=N–C) groups is 1. The average molecular weight is 422 g/mol. The van der Waals surface area contributed by atoms with Crippen LogP contribution >= 0.6 is 0 Å². The molecule has 8 heteroatoms. The maximum absolute atomic E-state index is 8.78. The zero-order valence-electron chi connectivity index (χ0n) is 18.0. The highest BCUT2D eigenvalue weighted by Gasteiger charge is 2.41. The highest BCUT2D eigenvalue weighted by molar-refractivity contribution is 6.00. The van der Waals surface area contributed by atoms with E-state index in [1.807, 2.05) is 18.2 Å². The van der Waals surface area contributed by atoms with Gasteiger partial charge < -0.3 is 26.5 Å². The Morgan fingerprint density at radius 2 is 2.06 bits per heavy atom. The molecule has 1 aromatic rings. The van der Waals surface area contributed by atoms with Crippen LogP contribution in [0.5, 0.6) is 0 Å². The van der Waals surface area contributed by atoms with Gasteiger partial charge in [-0.25, -0.2) is 9.97 Å². The molecule has 2 heterocycles. The van der Waals surface area contributed by atoms with Gasteiger partial charge in [0.15, 0.2) is 0 Å². The normalized spacial score (nSPS) is 23.6. The van der Waals surface area contributed by atoms with Crippen LogP contribution in [0.2, 0.25) is 0 Å². The summed E-state index contributed by atoms with van der Waals surface area (Å²) >= 11 is 0. The first-order valence-corrected chi connectivity index (χ1v) is 10.9. The van der Waals surface area contributed by atoms with Gasteiger partial charge in [-0.1, -0.05) is 0 Å². The number of aromatic nitrogens is 2. The topological polar surface area (TPSA) is 126 Å². The van der Waals surface area contributed by atoms with Crippen LogP contribution in [0.15, 0.2) is 53.3 Å². The highest BCUT2D eigenvalue weighted by Crippen LogP contribution is 2.42. The molecular weight excluding hydrogens is 390 g/mol. The van der Waals surface area contributed by atoms with E-state index in [0.717, 1.165) is 50.3 Å². The van der Waals surface area contributed by atoms with Crippen molar-refractivity contribution in [3.8, 4) is 0 Å². The zero-order valence-corrected chi connectivity index (χ0v) is 18.0.